The zero-order chi connectivity index (χ0) is 13.7. The molecule has 1 rings (SSSR count). The molecule has 0 aromatic carbocycles. The molecule has 1 amide bonds. The zero-order valence-electron chi connectivity index (χ0n) is 10.8. The van der Waals surface area contributed by atoms with Crippen LogP contribution in [0.2, 0.25) is 0 Å². The molecule has 0 aliphatic rings. The molecule has 100 valence electrons. The van der Waals surface area contributed by atoms with Gasteiger partial charge in [0.25, 0.3) is 5.91 Å². The quantitative estimate of drug-likeness (QED) is 0.778. The summed E-state index contributed by atoms with van der Waals surface area (Å²) in [4.78, 5) is 28.2. The number of rotatable bonds is 6. The number of hydrogen-bond donors (Lipinski definition) is 2. The summed E-state index contributed by atoms with van der Waals surface area (Å²) < 4.78 is 0. The maximum atomic E-state index is 12.0. The molecule has 0 spiro atoms. The number of carbonyl (C=O) groups is 2. The van der Waals surface area contributed by atoms with Crippen molar-refractivity contribution in [3.63, 3.8) is 0 Å². The van der Waals surface area contributed by atoms with Gasteiger partial charge in [-0.3, -0.25) is 9.89 Å². The number of nitrogens with zero attached hydrogens (tertiary/aromatic N) is 3. The summed E-state index contributed by atoms with van der Waals surface area (Å²) in [7, 11) is 1.44. The minimum Gasteiger partial charge on any atom is -0.480 e. The molecule has 0 saturated heterocycles. The van der Waals surface area contributed by atoms with Crippen LogP contribution in [0.25, 0.3) is 0 Å². The monoisotopic (exact) mass is 254 g/mol. The van der Waals surface area contributed by atoms with Crippen LogP contribution in [0.4, 0.5) is 0 Å². The molecule has 1 atom stereocenters. The van der Waals surface area contributed by atoms with Gasteiger partial charge < -0.3 is 10.0 Å². The van der Waals surface area contributed by atoms with Gasteiger partial charge in [-0.1, -0.05) is 13.8 Å². The maximum Gasteiger partial charge on any atom is 0.326 e. The second kappa shape index (κ2) is 6.13. The summed E-state index contributed by atoms with van der Waals surface area (Å²) in [6, 6.07) is -0.856. The third kappa shape index (κ3) is 3.06. The van der Waals surface area contributed by atoms with Crippen LogP contribution in [-0.4, -0.2) is 50.2 Å². The number of aryl methyl sites for hydroxylation is 1. The normalized spacial score (nSPS) is 12.2. The van der Waals surface area contributed by atoms with E-state index in [1.165, 1.54) is 7.05 Å². The highest BCUT2D eigenvalue weighted by Crippen LogP contribution is 2.07. The fraction of sp³-hybridized carbons (Fsp3) is 0.636. The Morgan fingerprint density at radius 1 is 1.44 bits per heavy atom. The molecule has 1 unspecified atom stereocenters. The molecule has 2 N–H and O–H groups in total. The highest BCUT2D eigenvalue weighted by atomic mass is 16.4. The minimum atomic E-state index is -1.03. The van der Waals surface area contributed by atoms with Gasteiger partial charge >= 0.3 is 5.97 Å². The lowest BCUT2D eigenvalue weighted by Gasteiger charge is -2.22. The van der Waals surface area contributed by atoms with Crippen LogP contribution in [0.3, 0.4) is 0 Å². The van der Waals surface area contributed by atoms with Gasteiger partial charge in [0, 0.05) is 13.5 Å². The first-order valence-corrected chi connectivity index (χ1v) is 5.92. The van der Waals surface area contributed by atoms with Crippen LogP contribution in [-0.2, 0) is 11.2 Å². The largest absolute Gasteiger partial charge is 0.480 e. The number of amides is 1. The van der Waals surface area contributed by atoms with Crippen molar-refractivity contribution in [3.8, 4) is 0 Å². The summed E-state index contributed by atoms with van der Waals surface area (Å²) in [5.41, 5.74) is 0. The van der Waals surface area contributed by atoms with Crippen molar-refractivity contribution in [2.45, 2.75) is 39.2 Å². The van der Waals surface area contributed by atoms with Gasteiger partial charge in [0.1, 0.15) is 11.9 Å². The van der Waals surface area contributed by atoms with Crippen molar-refractivity contribution in [1.82, 2.24) is 20.1 Å². The highest BCUT2D eigenvalue weighted by Gasteiger charge is 2.27. The standard InChI is InChI=1S/C11H18N4O3/c1-4-6-8-12-9(14-13-8)10(16)15(3)7(5-2)11(17)18/h7H,4-6H2,1-3H3,(H,17,18)(H,12,13,14). The molecule has 7 nitrogen and oxygen atoms in total. The fourth-order valence-corrected chi connectivity index (χ4v) is 1.65. The van der Waals surface area contributed by atoms with Crippen molar-refractivity contribution in [1.29, 1.82) is 0 Å². The average molecular weight is 254 g/mol. The Kier molecular flexibility index (Phi) is 4.82. The van der Waals surface area contributed by atoms with E-state index in [9.17, 15) is 9.59 Å². The number of aromatic amines is 1. The molecule has 18 heavy (non-hydrogen) atoms. The molecular weight excluding hydrogens is 236 g/mol. The lowest BCUT2D eigenvalue weighted by molar-refractivity contribution is -0.142. The number of likely N-dealkylation sites (N-methyl/N-ethyl adjacent to an activating group) is 1. The van der Waals surface area contributed by atoms with Crippen molar-refractivity contribution in [2.24, 2.45) is 0 Å². The average Bonchev–Trinajstić information content (AvgIpc) is 2.77. The Hall–Kier alpha value is -1.92. The van der Waals surface area contributed by atoms with Crippen molar-refractivity contribution in [3.05, 3.63) is 11.6 Å². The van der Waals surface area contributed by atoms with Gasteiger partial charge in [0.15, 0.2) is 0 Å². The van der Waals surface area contributed by atoms with Gasteiger partial charge in [0.05, 0.1) is 0 Å². The van der Waals surface area contributed by atoms with Crippen LogP contribution >= 0.6 is 0 Å². The van der Waals surface area contributed by atoms with Crippen LogP contribution in [0.15, 0.2) is 0 Å². The van der Waals surface area contributed by atoms with Crippen LogP contribution < -0.4 is 0 Å². The molecule has 0 aliphatic carbocycles. The zero-order valence-corrected chi connectivity index (χ0v) is 10.8. The van der Waals surface area contributed by atoms with Crippen LogP contribution in [0.5, 0.6) is 0 Å². The highest BCUT2D eigenvalue weighted by molar-refractivity contribution is 5.93. The number of H-pyrrole nitrogens is 1. The maximum absolute atomic E-state index is 12.0. The first kappa shape index (κ1) is 14.1. The van der Waals surface area contributed by atoms with E-state index in [2.05, 4.69) is 15.2 Å². The molecule has 0 aliphatic heterocycles. The van der Waals surface area contributed by atoms with Gasteiger partial charge in [-0.2, -0.15) is 0 Å². The van der Waals surface area contributed by atoms with E-state index in [0.29, 0.717) is 18.7 Å². The summed E-state index contributed by atoms with van der Waals surface area (Å²) in [5, 5.41) is 15.5. The number of hydrogen-bond acceptors (Lipinski definition) is 4. The van der Waals surface area contributed by atoms with Crippen LogP contribution in [0.1, 0.15) is 43.1 Å². The van der Waals surface area contributed by atoms with E-state index in [1.807, 2.05) is 6.92 Å². The number of carboxylic acid groups (broad SMARTS) is 1. The topological polar surface area (TPSA) is 99.2 Å². The third-order valence-corrected chi connectivity index (χ3v) is 2.67. The van der Waals surface area contributed by atoms with Gasteiger partial charge in [0.2, 0.25) is 5.82 Å². The lowest BCUT2D eigenvalue weighted by atomic mass is 10.2. The Morgan fingerprint density at radius 3 is 2.61 bits per heavy atom. The lowest BCUT2D eigenvalue weighted by Crippen LogP contribution is -2.42. The molecule has 0 radical (unpaired) electrons. The summed E-state index contributed by atoms with van der Waals surface area (Å²) in [6.07, 6.45) is 1.94. The van der Waals surface area contributed by atoms with Crippen molar-refractivity contribution in [2.75, 3.05) is 7.05 Å². The molecular formula is C11H18N4O3. The van der Waals surface area contributed by atoms with Crippen LogP contribution in [0, 0.1) is 0 Å². The summed E-state index contributed by atoms with van der Waals surface area (Å²) >= 11 is 0. The molecule has 1 aromatic heterocycles. The number of carboxylic acids is 1. The Morgan fingerprint density at radius 2 is 2.11 bits per heavy atom. The molecule has 0 saturated carbocycles. The second-order valence-corrected chi connectivity index (χ2v) is 4.03. The predicted octanol–water partition coefficient (Wildman–Crippen LogP) is 0.692. The number of aromatic nitrogens is 3. The van der Waals surface area contributed by atoms with Crippen molar-refractivity contribution < 1.29 is 14.7 Å². The fourth-order valence-electron chi connectivity index (χ4n) is 1.65. The number of carbonyl (C=O) groups excluding carboxylic acids is 1. The predicted molar refractivity (Wildman–Crippen MR) is 64.2 cm³/mol. The molecule has 1 heterocycles. The minimum absolute atomic E-state index is 0.0145. The SMILES string of the molecule is CCCc1nc(C(=O)N(C)C(CC)C(=O)O)n[nH]1. The van der Waals surface area contributed by atoms with E-state index in [4.69, 9.17) is 5.11 Å². The summed E-state index contributed by atoms with van der Waals surface area (Å²) in [6.45, 7) is 3.71. The second-order valence-electron chi connectivity index (χ2n) is 4.03. The number of nitrogens with one attached hydrogen (secondary N) is 1. The van der Waals surface area contributed by atoms with Gasteiger partial charge in [-0.25, -0.2) is 9.78 Å². The Bertz CT molecular complexity index is 430. The first-order chi connectivity index (χ1) is 8.51. The van der Waals surface area contributed by atoms with E-state index >= 15 is 0 Å². The third-order valence-electron chi connectivity index (χ3n) is 2.67. The Balaban J connectivity index is 2.81. The van der Waals surface area contributed by atoms with E-state index in [1.54, 1.807) is 6.92 Å². The van der Waals surface area contributed by atoms with E-state index in [-0.39, 0.29) is 5.82 Å². The molecule has 0 bridgehead atoms. The van der Waals surface area contributed by atoms with Gasteiger partial charge in [-0.05, 0) is 12.8 Å². The summed E-state index contributed by atoms with van der Waals surface area (Å²) in [5.74, 6) is -0.862. The van der Waals surface area contributed by atoms with E-state index < -0.39 is 17.9 Å². The number of aliphatic carboxylic acids is 1. The molecule has 7 heteroatoms. The molecule has 1 aromatic rings. The Labute approximate surface area is 105 Å². The smallest absolute Gasteiger partial charge is 0.326 e. The van der Waals surface area contributed by atoms with Gasteiger partial charge in [-0.15, -0.1) is 5.10 Å². The van der Waals surface area contributed by atoms with E-state index in [0.717, 1.165) is 11.3 Å². The first-order valence-electron chi connectivity index (χ1n) is 5.92. The van der Waals surface area contributed by atoms with Crippen molar-refractivity contribution >= 4 is 11.9 Å². The molecule has 0 fully saturated rings.